The number of nitrogens with zero attached hydrogens (tertiary/aromatic N) is 2. The second kappa shape index (κ2) is 8.34. The minimum Gasteiger partial charge on any atom is -0.497 e. The van der Waals surface area contributed by atoms with Crippen molar-refractivity contribution in [3.05, 3.63) is 53.9 Å². The predicted molar refractivity (Wildman–Crippen MR) is 108 cm³/mol. The topological polar surface area (TPSA) is 86.5 Å². The van der Waals surface area contributed by atoms with Gasteiger partial charge in [-0.1, -0.05) is 30.1 Å². The van der Waals surface area contributed by atoms with Gasteiger partial charge in [0.2, 0.25) is 11.7 Å². The largest absolute Gasteiger partial charge is 0.497 e. The van der Waals surface area contributed by atoms with Crippen LogP contribution in [0.5, 0.6) is 11.5 Å². The van der Waals surface area contributed by atoms with E-state index in [9.17, 15) is 4.79 Å². The van der Waals surface area contributed by atoms with Gasteiger partial charge in [0.1, 0.15) is 11.5 Å². The highest BCUT2D eigenvalue weighted by molar-refractivity contribution is 6.05. The molecule has 4 rings (SSSR count). The summed E-state index contributed by atoms with van der Waals surface area (Å²) in [6.45, 7) is 0. The van der Waals surface area contributed by atoms with Crippen molar-refractivity contribution in [1.82, 2.24) is 10.1 Å². The molecule has 1 amide bonds. The highest BCUT2D eigenvalue weighted by Gasteiger charge is 2.23. The number of hydrogen-bond donors (Lipinski definition) is 1. The molecular weight excluding hydrogens is 370 g/mol. The zero-order valence-electron chi connectivity index (χ0n) is 16.5. The summed E-state index contributed by atoms with van der Waals surface area (Å²) in [6.07, 6.45) is 4.64. The summed E-state index contributed by atoms with van der Waals surface area (Å²) in [5, 5.41) is 6.96. The number of methoxy groups -OCH3 is 2. The number of aromatic nitrogens is 2. The third kappa shape index (κ3) is 4.08. The summed E-state index contributed by atoms with van der Waals surface area (Å²) < 4.78 is 15.9. The Morgan fingerprint density at radius 1 is 1.07 bits per heavy atom. The highest BCUT2D eigenvalue weighted by Crippen LogP contribution is 2.34. The molecule has 0 unspecified atom stereocenters. The molecular formula is C22H23N3O4. The fraction of sp³-hybridized carbons (Fsp3) is 0.318. The van der Waals surface area contributed by atoms with Crippen LogP contribution in [-0.2, 0) is 0 Å². The Bertz CT molecular complexity index is 992. The van der Waals surface area contributed by atoms with E-state index in [1.54, 1.807) is 44.6 Å². The molecule has 0 radical (unpaired) electrons. The van der Waals surface area contributed by atoms with Crippen molar-refractivity contribution in [3.8, 4) is 22.9 Å². The Balaban J connectivity index is 1.47. The second-order valence-corrected chi connectivity index (χ2v) is 7.04. The number of benzene rings is 2. The van der Waals surface area contributed by atoms with Gasteiger partial charge in [0.25, 0.3) is 5.91 Å². The van der Waals surface area contributed by atoms with E-state index in [0.717, 1.165) is 18.4 Å². The molecule has 0 atom stereocenters. The van der Waals surface area contributed by atoms with Gasteiger partial charge in [0.05, 0.1) is 19.9 Å². The molecule has 1 aromatic heterocycles. The third-order valence-electron chi connectivity index (χ3n) is 5.21. The normalized spacial score (nSPS) is 14.0. The van der Waals surface area contributed by atoms with Crippen molar-refractivity contribution in [3.63, 3.8) is 0 Å². The fourth-order valence-corrected chi connectivity index (χ4v) is 3.56. The quantitative estimate of drug-likeness (QED) is 0.655. The van der Waals surface area contributed by atoms with Crippen molar-refractivity contribution in [2.75, 3.05) is 19.5 Å². The Labute approximate surface area is 169 Å². The van der Waals surface area contributed by atoms with Gasteiger partial charge in [-0.2, -0.15) is 4.98 Å². The molecule has 1 fully saturated rings. The first-order chi connectivity index (χ1) is 14.2. The average molecular weight is 393 g/mol. The third-order valence-corrected chi connectivity index (χ3v) is 5.21. The summed E-state index contributed by atoms with van der Waals surface area (Å²) in [5.41, 5.74) is 1.91. The zero-order chi connectivity index (χ0) is 20.2. The summed E-state index contributed by atoms with van der Waals surface area (Å²) in [5.74, 6) is 2.59. The Hall–Kier alpha value is -3.35. The number of carbonyl (C=O) groups is 1. The maximum absolute atomic E-state index is 12.6. The van der Waals surface area contributed by atoms with Crippen LogP contribution in [0.4, 0.5) is 5.69 Å². The molecule has 7 nitrogen and oxygen atoms in total. The van der Waals surface area contributed by atoms with E-state index in [0.29, 0.717) is 40.4 Å². The lowest BCUT2D eigenvalue weighted by molar-refractivity contribution is 0.102. The van der Waals surface area contributed by atoms with Gasteiger partial charge in [-0.15, -0.1) is 0 Å². The summed E-state index contributed by atoms with van der Waals surface area (Å²) in [7, 11) is 3.12. The first-order valence-electron chi connectivity index (χ1n) is 9.65. The van der Waals surface area contributed by atoms with E-state index in [1.165, 1.54) is 12.8 Å². The Kier molecular flexibility index (Phi) is 5.46. The minimum absolute atomic E-state index is 0.236. The Morgan fingerprint density at radius 2 is 1.83 bits per heavy atom. The first-order valence-corrected chi connectivity index (χ1v) is 9.65. The van der Waals surface area contributed by atoms with E-state index in [2.05, 4.69) is 15.5 Å². The van der Waals surface area contributed by atoms with E-state index in [1.807, 2.05) is 12.1 Å². The second-order valence-electron chi connectivity index (χ2n) is 7.04. The molecule has 3 aromatic rings. The summed E-state index contributed by atoms with van der Waals surface area (Å²) in [6, 6.07) is 12.4. The predicted octanol–water partition coefficient (Wildman–Crippen LogP) is 4.66. The van der Waals surface area contributed by atoms with Crippen molar-refractivity contribution in [2.45, 2.75) is 31.6 Å². The molecule has 7 heteroatoms. The lowest BCUT2D eigenvalue weighted by atomic mass is 10.1. The minimum atomic E-state index is -0.236. The van der Waals surface area contributed by atoms with Crippen LogP contribution < -0.4 is 14.8 Å². The molecule has 1 aliphatic rings. The van der Waals surface area contributed by atoms with Gasteiger partial charge in [-0.3, -0.25) is 4.79 Å². The molecule has 0 spiro atoms. The number of nitrogens with one attached hydrogen (secondary N) is 1. The molecule has 0 aliphatic heterocycles. The summed E-state index contributed by atoms with van der Waals surface area (Å²) in [4.78, 5) is 17.2. The highest BCUT2D eigenvalue weighted by atomic mass is 16.5. The van der Waals surface area contributed by atoms with E-state index >= 15 is 0 Å². The average Bonchev–Trinajstić information content (AvgIpc) is 3.46. The van der Waals surface area contributed by atoms with Crippen LogP contribution in [0.3, 0.4) is 0 Å². The van der Waals surface area contributed by atoms with Gasteiger partial charge >= 0.3 is 0 Å². The lowest BCUT2D eigenvalue weighted by Gasteiger charge is -2.11. The van der Waals surface area contributed by atoms with Gasteiger partial charge < -0.3 is 19.3 Å². The van der Waals surface area contributed by atoms with Crippen LogP contribution in [0, 0.1) is 0 Å². The van der Waals surface area contributed by atoms with E-state index < -0.39 is 0 Å². The molecule has 150 valence electrons. The molecule has 1 heterocycles. The van der Waals surface area contributed by atoms with E-state index in [4.69, 9.17) is 14.0 Å². The van der Waals surface area contributed by atoms with Gasteiger partial charge in [0.15, 0.2) is 0 Å². The maximum atomic E-state index is 12.6. The van der Waals surface area contributed by atoms with Crippen molar-refractivity contribution in [2.24, 2.45) is 0 Å². The monoisotopic (exact) mass is 393 g/mol. The van der Waals surface area contributed by atoms with Gasteiger partial charge in [-0.05, 0) is 37.1 Å². The molecule has 29 heavy (non-hydrogen) atoms. The fourth-order valence-electron chi connectivity index (χ4n) is 3.56. The first kappa shape index (κ1) is 19.0. The van der Waals surface area contributed by atoms with Crippen LogP contribution in [0.15, 0.2) is 47.0 Å². The van der Waals surface area contributed by atoms with Crippen LogP contribution in [0.2, 0.25) is 0 Å². The number of hydrogen-bond acceptors (Lipinski definition) is 6. The standard InChI is InChI=1S/C22H23N3O4/c1-27-17-11-12-18(19(13-17)28-2)23-21(26)15-9-7-14(8-10-15)20-24-22(29-25-20)16-5-3-4-6-16/h7-13,16H,3-6H2,1-2H3,(H,23,26). The molecule has 1 saturated carbocycles. The molecule has 1 N–H and O–H groups in total. The SMILES string of the molecule is COc1ccc(NC(=O)c2ccc(-c3noc(C4CCCC4)n3)cc2)c(OC)c1. The molecule has 0 saturated heterocycles. The van der Waals surface area contributed by atoms with E-state index in [-0.39, 0.29) is 5.91 Å². The molecule has 1 aliphatic carbocycles. The van der Waals surface area contributed by atoms with Crippen LogP contribution >= 0.6 is 0 Å². The number of anilines is 1. The molecule has 0 bridgehead atoms. The number of amides is 1. The van der Waals surface area contributed by atoms with Crippen molar-refractivity contribution >= 4 is 11.6 Å². The zero-order valence-corrected chi connectivity index (χ0v) is 16.5. The number of rotatable bonds is 6. The maximum Gasteiger partial charge on any atom is 0.255 e. The van der Waals surface area contributed by atoms with Gasteiger partial charge in [0, 0.05) is 23.1 Å². The lowest BCUT2D eigenvalue weighted by Crippen LogP contribution is -2.12. The summed E-state index contributed by atoms with van der Waals surface area (Å²) >= 11 is 0. The number of ether oxygens (including phenoxy) is 2. The molecule has 2 aromatic carbocycles. The van der Waals surface area contributed by atoms with Crippen molar-refractivity contribution in [1.29, 1.82) is 0 Å². The number of carbonyl (C=O) groups excluding carboxylic acids is 1. The van der Waals surface area contributed by atoms with Crippen LogP contribution in [0.1, 0.15) is 47.8 Å². The van der Waals surface area contributed by atoms with Crippen LogP contribution in [-0.4, -0.2) is 30.3 Å². The smallest absolute Gasteiger partial charge is 0.255 e. The van der Waals surface area contributed by atoms with Crippen LogP contribution in [0.25, 0.3) is 11.4 Å². The Morgan fingerprint density at radius 3 is 2.52 bits per heavy atom. The van der Waals surface area contributed by atoms with Gasteiger partial charge in [-0.25, -0.2) is 0 Å². The van der Waals surface area contributed by atoms with Crippen molar-refractivity contribution < 1.29 is 18.8 Å².